The molecule has 110 valence electrons. The van der Waals surface area contributed by atoms with E-state index in [1.807, 2.05) is 50.3 Å². The van der Waals surface area contributed by atoms with Gasteiger partial charge in [0.1, 0.15) is 12.2 Å². The first-order valence-corrected chi connectivity index (χ1v) is 6.85. The van der Waals surface area contributed by atoms with E-state index in [0.29, 0.717) is 13.2 Å². The predicted molar refractivity (Wildman–Crippen MR) is 76.1 cm³/mol. The summed E-state index contributed by atoms with van der Waals surface area (Å²) in [5.41, 5.74) is 1.13. The van der Waals surface area contributed by atoms with Gasteiger partial charge in [-0.2, -0.15) is 0 Å². The summed E-state index contributed by atoms with van der Waals surface area (Å²) in [6.45, 7) is 4.77. The van der Waals surface area contributed by atoms with Gasteiger partial charge in [-0.25, -0.2) is 0 Å². The van der Waals surface area contributed by atoms with Crippen LogP contribution in [0.1, 0.15) is 19.4 Å². The number of aliphatic hydroxyl groups is 1. The molecular weight excluding hydrogens is 256 g/mol. The monoisotopic (exact) mass is 278 g/mol. The van der Waals surface area contributed by atoms with E-state index in [4.69, 9.17) is 19.3 Å². The number of ether oxygens (including phenoxy) is 3. The molecule has 0 radical (unpaired) electrons. The first kappa shape index (κ1) is 15.2. The quantitative estimate of drug-likeness (QED) is 0.811. The third-order valence-electron chi connectivity index (χ3n) is 3.05. The molecule has 2 rings (SSSR count). The minimum atomic E-state index is -0.620. The number of aliphatic hydroxyl groups excluding tert-OH is 1. The van der Waals surface area contributed by atoms with Crippen molar-refractivity contribution in [1.29, 1.82) is 0 Å². The summed E-state index contributed by atoms with van der Waals surface area (Å²) in [5.74, 6) is -0.620. The molecule has 1 aliphatic heterocycles. The maximum atomic E-state index is 8.85. The maximum Gasteiger partial charge on any atom is 0.164 e. The molecule has 1 aromatic carbocycles. The molecule has 0 unspecified atom stereocenters. The summed E-state index contributed by atoms with van der Waals surface area (Å²) in [5, 5.41) is 8.85. The van der Waals surface area contributed by atoms with Gasteiger partial charge in [0.25, 0.3) is 0 Å². The van der Waals surface area contributed by atoms with Crippen molar-refractivity contribution in [3.8, 4) is 0 Å². The second kappa shape index (κ2) is 6.99. The van der Waals surface area contributed by atoms with Gasteiger partial charge in [0.2, 0.25) is 0 Å². The highest BCUT2D eigenvalue weighted by atomic mass is 16.8. The fourth-order valence-electron chi connectivity index (χ4n) is 2.22. The van der Waals surface area contributed by atoms with E-state index in [2.05, 4.69) is 0 Å². The Balaban J connectivity index is 1.85. The summed E-state index contributed by atoms with van der Waals surface area (Å²) < 4.78 is 17.3. The van der Waals surface area contributed by atoms with Gasteiger partial charge in [-0.05, 0) is 19.4 Å². The molecule has 1 fully saturated rings. The fourth-order valence-corrected chi connectivity index (χ4v) is 2.22. The molecule has 1 heterocycles. The first-order valence-electron chi connectivity index (χ1n) is 6.85. The van der Waals surface area contributed by atoms with E-state index < -0.39 is 5.79 Å². The summed E-state index contributed by atoms with van der Waals surface area (Å²) in [6, 6.07) is 10.0. The van der Waals surface area contributed by atoms with Crippen molar-refractivity contribution in [3.63, 3.8) is 0 Å². The average Bonchev–Trinajstić information content (AvgIpc) is 2.72. The van der Waals surface area contributed by atoms with Crippen LogP contribution in [0.15, 0.2) is 42.5 Å². The van der Waals surface area contributed by atoms with Gasteiger partial charge in [0, 0.05) is 0 Å². The SMILES string of the molecule is CC1(C)O[C@@H](COCc2ccccc2)[C@@H](/C=C\CO)O1. The Morgan fingerprint density at radius 3 is 2.70 bits per heavy atom. The Kier molecular flexibility index (Phi) is 5.31. The van der Waals surface area contributed by atoms with Crippen LogP contribution in [-0.2, 0) is 20.8 Å². The Bertz CT molecular complexity index is 427. The Labute approximate surface area is 120 Å². The molecule has 0 saturated carbocycles. The molecule has 0 aliphatic carbocycles. The zero-order chi connectivity index (χ0) is 14.4. The van der Waals surface area contributed by atoms with E-state index in [-0.39, 0.29) is 18.8 Å². The Morgan fingerprint density at radius 1 is 1.25 bits per heavy atom. The van der Waals surface area contributed by atoms with Crippen LogP contribution in [-0.4, -0.2) is 36.3 Å². The second-order valence-corrected chi connectivity index (χ2v) is 5.25. The van der Waals surface area contributed by atoms with Crippen LogP contribution in [0.3, 0.4) is 0 Å². The number of benzene rings is 1. The lowest BCUT2D eigenvalue weighted by molar-refractivity contribution is -0.148. The molecule has 20 heavy (non-hydrogen) atoms. The zero-order valence-corrected chi connectivity index (χ0v) is 12.0. The molecular formula is C16H22O4. The van der Waals surface area contributed by atoms with Gasteiger partial charge in [0.15, 0.2) is 5.79 Å². The molecule has 1 aliphatic rings. The van der Waals surface area contributed by atoms with Gasteiger partial charge in [-0.1, -0.05) is 42.5 Å². The fraction of sp³-hybridized carbons (Fsp3) is 0.500. The summed E-state index contributed by atoms with van der Waals surface area (Å²) in [7, 11) is 0. The van der Waals surface area contributed by atoms with E-state index in [1.54, 1.807) is 6.08 Å². The van der Waals surface area contributed by atoms with Gasteiger partial charge in [0.05, 0.1) is 19.8 Å². The standard InChI is InChI=1S/C16H22O4/c1-16(2)19-14(9-6-10-17)15(20-16)12-18-11-13-7-4-3-5-8-13/h3-9,14-15,17H,10-12H2,1-2H3/b9-6-/t14-,15+/m1/s1. The van der Waals surface area contributed by atoms with Crippen LogP contribution in [0.2, 0.25) is 0 Å². The highest BCUT2D eigenvalue weighted by molar-refractivity contribution is 5.13. The molecule has 4 heteroatoms. The van der Waals surface area contributed by atoms with Crippen molar-refractivity contribution in [2.75, 3.05) is 13.2 Å². The predicted octanol–water partition coefficient (Wildman–Crippen LogP) is 2.27. The van der Waals surface area contributed by atoms with Crippen LogP contribution in [0.4, 0.5) is 0 Å². The lowest BCUT2D eigenvalue weighted by Crippen LogP contribution is -2.26. The Morgan fingerprint density at radius 2 is 2.00 bits per heavy atom. The maximum absolute atomic E-state index is 8.85. The first-order chi connectivity index (χ1) is 9.61. The summed E-state index contributed by atoms with van der Waals surface area (Å²) in [6.07, 6.45) is 3.15. The largest absolute Gasteiger partial charge is 0.392 e. The Hall–Kier alpha value is -1.20. The highest BCUT2D eigenvalue weighted by Gasteiger charge is 2.39. The average molecular weight is 278 g/mol. The number of hydrogen-bond donors (Lipinski definition) is 1. The van der Waals surface area contributed by atoms with E-state index in [1.165, 1.54) is 0 Å². The molecule has 4 nitrogen and oxygen atoms in total. The van der Waals surface area contributed by atoms with E-state index in [9.17, 15) is 0 Å². The number of hydrogen-bond acceptors (Lipinski definition) is 4. The van der Waals surface area contributed by atoms with Crippen molar-refractivity contribution in [3.05, 3.63) is 48.0 Å². The van der Waals surface area contributed by atoms with Crippen LogP contribution in [0.25, 0.3) is 0 Å². The van der Waals surface area contributed by atoms with Gasteiger partial charge < -0.3 is 19.3 Å². The molecule has 0 bridgehead atoms. The minimum Gasteiger partial charge on any atom is -0.392 e. The van der Waals surface area contributed by atoms with Gasteiger partial charge in [-0.3, -0.25) is 0 Å². The molecule has 0 aromatic heterocycles. The third-order valence-corrected chi connectivity index (χ3v) is 3.05. The number of rotatable bonds is 6. The van der Waals surface area contributed by atoms with Crippen molar-refractivity contribution in [2.45, 2.75) is 38.4 Å². The van der Waals surface area contributed by atoms with Gasteiger partial charge in [-0.15, -0.1) is 0 Å². The molecule has 1 aromatic rings. The van der Waals surface area contributed by atoms with Crippen molar-refractivity contribution in [1.82, 2.24) is 0 Å². The molecule has 2 atom stereocenters. The normalized spacial score (nSPS) is 25.4. The van der Waals surface area contributed by atoms with E-state index >= 15 is 0 Å². The van der Waals surface area contributed by atoms with Crippen molar-refractivity contribution >= 4 is 0 Å². The molecule has 1 N–H and O–H groups in total. The second-order valence-electron chi connectivity index (χ2n) is 5.25. The topological polar surface area (TPSA) is 47.9 Å². The van der Waals surface area contributed by atoms with E-state index in [0.717, 1.165) is 5.56 Å². The molecule has 0 spiro atoms. The lowest BCUT2D eigenvalue weighted by Gasteiger charge is -2.16. The van der Waals surface area contributed by atoms with Crippen LogP contribution >= 0.6 is 0 Å². The third kappa shape index (κ3) is 4.42. The smallest absolute Gasteiger partial charge is 0.164 e. The summed E-state index contributed by atoms with van der Waals surface area (Å²) >= 11 is 0. The van der Waals surface area contributed by atoms with Crippen LogP contribution in [0.5, 0.6) is 0 Å². The molecule has 0 amide bonds. The van der Waals surface area contributed by atoms with Crippen molar-refractivity contribution in [2.24, 2.45) is 0 Å². The minimum absolute atomic E-state index is 0.00210. The summed E-state index contributed by atoms with van der Waals surface area (Å²) in [4.78, 5) is 0. The van der Waals surface area contributed by atoms with Crippen LogP contribution < -0.4 is 0 Å². The molecule has 1 saturated heterocycles. The van der Waals surface area contributed by atoms with Gasteiger partial charge >= 0.3 is 0 Å². The van der Waals surface area contributed by atoms with Crippen molar-refractivity contribution < 1.29 is 19.3 Å². The lowest BCUT2D eigenvalue weighted by atomic mass is 10.2. The highest BCUT2D eigenvalue weighted by Crippen LogP contribution is 2.29. The van der Waals surface area contributed by atoms with Crippen LogP contribution in [0, 0.1) is 0 Å². The zero-order valence-electron chi connectivity index (χ0n) is 12.0.